The van der Waals surface area contributed by atoms with E-state index in [1.807, 2.05) is 0 Å². The lowest BCUT2D eigenvalue weighted by molar-refractivity contribution is 0.377. The van der Waals surface area contributed by atoms with Crippen LogP contribution < -0.4 is 0 Å². The van der Waals surface area contributed by atoms with E-state index in [0.717, 1.165) is 17.8 Å². The summed E-state index contributed by atoms with van der Waals surface area (Å²) in [5.74, 6) is 2.84. The molecule has 0 aliphatic rings. The SMILES string of the molecule is CCCCCCCCCCCCCCCCCCCCC(C)CCCC(C)CCCC(C)CCC. The summed E-state index contributed by atoms with van der Waals surface area (Å²) in [5, 5.41) is 0. The van der Waals surface area contributed by atoms with Gasteiger partial charge >= 0.3 is 0 Å². The molecule has 0 heterocycles. The van der Waals surface area contributed by atoms with Crippen molar-refractivity contribution in [3.05, 3.63) is 0 Å². The highest BCUT2D eigenvalue weighted by molar-refractivity contribution is 4.61. The Morgan fingerprint density at radius 1 is 0.257 bits per heavy atom. The molecule has 3 atom stereocenters. The first kappa shape index (κ1) is 35.0. The number of rotatable bonds is 29. The van der Waals surface area contributed by atoms with E-state index in [1.165, 1.54) is 173 Å². The third-order valence-electron chi connectivity index (χ3n) is 8.62. The highest BCUT2D eigenvalue weighted by Gasteiger charge is 2.07. The molecule has 0 aromatic heterocycles. The summed E-state index contributed by atoms with van der Waals surface area (Å²) < 4.78 is 0. The molecular formula is C35H72. The normalized spacial score (nSPS) is 14.3. The van der Waals surface area contributed by atoms with Crippen molar-refractivity contribution in [2.24, 2.45) is 17.8 Å². The minimum absolute atomic E-state index is 0.945. The molecule has 0 heteroatoms. The first-order valence-corrected chi connectivity index (χ1v) is 17.1. The Morgan fingerprint density at radius 3 is 0.829 bits per heavy atom. The lowest BCUT2D eigenvalue weighted by Crippen LogP contribution is -2.01. The highest BCUT2D eigenvalue weighted by atomic mass is 14.1. The van der Waals surface area contributed by atoms with Crippen molar-refractivity contribution in [2.45, 2.75) is 208 Å². The third kappa shape index (κ3) is 28.4. The zero-order chi connectivity index (χ0) is 25.8. The maximum atomic E-state index is 2.50. The van der Waals surface area contributed by atoms with Gasteiger partial charge in [0, 0.05) is 0 Å². The molecule has 35 heavy (non-hydrogen) atoms. The van der Waals surface area contributed by atoms with E-state index >= 15 is 0 Å². The van der Waals surface area contributed by atoms with Crippen molar-refractivity contribution in [3.63, 3.8) is 0 Å². The molecule has 0 fully saturated rings. The van der Waals surface area contributed by atoms with Crippen molar-refractivity contribution in [1.82, 2.24) is 0 Å². The minimum atomic E-state index is 0.945. The molecule has 0 saturated heterocycles. The Kier molecular flexibility index (Phi) is 28.6. The smallest absolute Gasteiger partial charge is 0.0443 e. The van der Waals surface area contributed by atoms with Crippen LogP contribution in [0.5, 0.6) is 0 Å². The van der Waals surface area contributed by atoms with Gasteiger partial charge in [0.15, 0.2) is 0 Å². The molecule has 3 unspecified atom stereocenters. The highest BCUT2D eigenvalue weighted by Crippen LogP contribution is 2.23. The van der Waals surface area contributed by atoms with Crippen molar-refractivity contribution >= 4 is 0 Å². The number of hydrogen-bond donors (Lipinski definition) is 0. The minimum Gasteiger partial charge on any atom is -0.0654 e. The van der Waals surface area contributed by atoms with Gasteiger partial charge in [-0.25, -0.2) is 0 Å². The van der Waals surface area contributed by atoms with Crippen LogP contribution in [0.25, 0.3) is 0 Å². The molecule has 212 valence electrons. The van der Waals surface area contributed by atoms with Crippen LogP contribution in [0.3, 0.4) is 0 Å². The second-order valence-corrected chi connectivity index (χ2v) is 12.8. The Morgan fingerprint density at radius 2 is 0.514 bits per heavy atom. The van der Waals surface area contributed by atoms with Gasteiger partial charge in [0.25, 0.3) is 0 Å². The number of unbranched alkanes of at least 4 members (excludes halogenated alkanes) is 17. The van der Waals surface area contributed by atoms with Crippen LogP contribution in [-0.4, -0.2) is 0 Å². The fourth-order valence-electron chi connectivity index (χ4n) is 5.95. The molecule has 0 bridgehead atoms. The summed E-state index contributed by atoms with van der Waals surface area (Å²) >= 11 is 0. The van der Waals surface area contributed by atoms with Crippen LogP contribution in [0.1, 0.15) is 208 Å². The summed E-state index contributed by atoms with van der Waals surface area (Å²) in [5.41, 5.74) is 0. The zero-order valence-electron chi connectivity index (χ0n) is 25.8. The van der Waals surface area contributed by atoms with Gasteiger partial charge < -0.3 is 0 Å². The molecule has 0 aliphatic heterocycles. The van der Waals surface area contributed by atoms with E-state index in [9.17, 15) is 0 Å². The van der Waals surface area contributed by atoms with Crippen LogP contribution in [0.4, 0.5) is 0 Å². The Labute approximate surface area is 225 Å². The molecule has 0 N–H and O–H groups in total. The van der Waals surface area contributed by atoms with Gasteiger partial charge in [0.1, 0.15) is 0 Å². The Hall–Kier alpha value is 0. The fourth-order valence-corrected chi connectivity index (χ4v) is 5.95. The zero-order valence-corrected chi connectivity index (χ0v) is 25.8. The van der Waals surface area contributed by atoms with Crippen molar-refractivity contribution in [3.8, 4) is 0 Å². The predicted molar refractivity (Wildman–Crippen MR) is 163 cm³/mol. The molecule has 0 aliphatic carbocycles. The molecule has 0 saturated carbocycles. The lowest BCUT2D eigenvalue weighted by atomic mass is 9.91. The van der Waals surface area contributed by atoms with E-state index in [1.54, 1.807) is 0 Å². The molecule has 0 rings (SSSR count). The van der Waals surface area contributed by atoms with Crippen LogP contribution in [0.2, 0.25) is 0 Å². The van der Waals surface area contributed by atoms with Gasteiger partial charge in [-0.2, -0.15) is 0 Å². The van der Waals surface area contributed by atoms with E-state index < -0.39 is 0 Å². The van der Waals surface area contributed by atoms with E-state index in [0.29, 0.717) is 0 Å². The van der Waals surface area contributed by atoms with E-state index in [-0.39, 0.29) is 0 Å². The first-order valence-electron chi connectivity index (χ1n) is 17.1. The standard InChI is InChI=1S/C35H72/c1-6-8-9-10-11-12-13-14-15-16-17-18-19-20-21-22-23-24-28-34(4)30-26-32-35(5)31-25-29-33(3)27-7-2/h33-35H,6-32H2,1-5H3. The topological polar surface area (TPSA) is 0 Å². The summed E-state index contributed by atoms with van der Waals surface area (Å²) in [7, 11) is 0. The summed E-state index contributed by atoms with van der Waals surface area (Å²) in [6, 6.07) is 0. The fraction of sp³-hybridized carbons (Fsp3) is 1.00. The molecular weight excluding hydrogens is 420 g/mol. The van der Waals surface area contributed by atoms with Crippen LogP contribution >= 0.6 is 0 Å². The molecule has 0 aromatic rings. The van der Waals surface area contributed by atoms with Gasteiger partial charge in [0.05, 0.1) is 0 Å². The van der Waals surface area contributed by atoms with Crippen LogP contribution in [-0.2, 0) is 0 Å². The molecule has 0 aromatic carbocycles. The number of hydrogen-bond acceptors (Lipinski definition) is 0. The van der Waals surface area contributed by atoms with Crippen molar-refractivity contribution < 1.29 is 0 Å². The monoisotopic (exact) mass is 493 g/mol. The summed E-state index contributed by atoms with van der Waals surface area (Å²) in [6.07, 6.45) is 39.6. The van der Waals surface area contributed by atoms with Crippen LogP contribution in [0.15, 0.2) is 0 Å². The quantitative estimate of drug-likeness (QED) is 0.0910. The van der Waals surface area contributed by atoms with Gasteiger partial charge in [-0.1, -0.05) is 208 Å². The molecule has 0 spiro atoms. The molecule has 0 nitrogen and oxygen atoms in total. The maximum Gasteiger partial charge on any atom is -0.0443 e. The van der Waals surface area contributed by atoms with Gasteiger partial charge in [-0.05, 0) is 17.8 Å². The van der Waals surface area contributed by atoms with E-state index in [4.69, 9.17) is 0 Å². The second kappa shape index (κ2) is 28.6. The average Bonchev–Trinajstić information content (AvgIpc) is 2.83. The maximum absolute atomic E-state index is 2.50. The second-order valence-electron chi connectivity index (χ2n) is 12.8. The van der Waals surface area contributed by atoms with Crippen LogP contribution in [0, 0.1) is 17.8 Å². The van der Waals surface area contributed by atoms with Gasteiger partial charge in [0.2, 0.25) is 0 Å². The Balaban J connectivity index is 3.25. The first-order chi connectivity index (χ1) is 17.1. The molecule has 0 amide bonds. The lowest BCUT2D eigenvalue weighted by Gasteiger charge is -2.15. The predicted octanol–water partition coefficient (Wildman–Crippen LogP) is 13.5. The Bertz CT molecular complexity index is 372. The largest absolute Gasteiger partial charge is 0.0654 e. The molecule has 0 radical (unpaired) electrons. The third-order valence-corrected chi connectivity index (χ3v) is 8.62. The van der Waals surface area contributed by atoms with Gasteiger partial charge in [-0.3, -0.25) is 0 Å². The average molecular weight is 493 g/mol. The summed E-state index contributed by atoms with van der Waals surface area (Å²) in [4.78, 5) is 0. The summed E-state index contributed by atoms with van der Waals surface area (Å²) in [6.45, 7) is 12.1. The van der Waals surface area contributed by atoms with Gasteiger partial charge in [-0.15, -0.1) is 0 Å². The van der Waals surface area contributed by atoms with E-state index in [2.05, 4.69) is 34.6 Å². The van der Waals surface area contributed by atoms with Crippen molar-refractivity contribution in [1.29, 1.82) is 0 Å². The van der Waals surface area contributed by atoms with Crippen molar-refractivity contribution in [2.75, 3.05) is 0 Å².